The third-order valence-corrected chi connectivity index (χ3v) is 5.13. The minimum atomic E-state index is -0.142. The number of carbonyl (C=O) groups is 1. The molecule has 1 aliphatic heterocycles. The number of hydrogen-bond acceptors (Lipinski definition) is 4. The van der Waals surface area contributed by atoms with Gasteiger partial charge in [0, 0.05) is 43.9 Å². The Morgan fingerprint density at radius 1 is 1.21 bits per heavy atom. The highest BCUT2D eigenvalue weighted by molar-refractivity contribution is 5.80. The van der Waals surface area contributed by atoms with Crippen LogP contribution < -0.4 is 5.56 Å². The molecule has 1 saturated heterocycles. The van der Waals surface area contributed by atoms with Gasteiger partial charge in [0.15, 0.2) is 5.65 Å². The van der Waals surface area contributed by atoms with Gasteiger partial charge in [0.2, 0.25) is 5.91 Å². The molecule has 1 N–H and O–H groups in total. The molecule has 0 bridgehead atoms. The molecular formula is C21H24N4O3. The first-order chi connectivity index (χ1) is 13.7. The van der Waals surface area contributed by atoms with E-state index in [2.05, 4.69) is 5.10 Å². The number of H-pyrrole nitrogens is 1. The fourth-order valence-corrected chi connectivity index (χ4v) is 3.81. The molecule has 28 heavy (non-hydrogen) atoms. The number of aromatic nitrogens is 3. The van der Waals surface area contributed by atoms with Crippen LogP contribution in [0.25, 0.3) is 16.8 Å². The highest BCUT2D eigenvalue weighted by atomic mass is 16.5. The average molecular weight is 380 g/mol. The van der Waals surface area contributed by atoms with E-state index in [0.29, 0.717) is 31.6 Å². The van der Waals surface area contributed by atoms with Crippen LogP contribution in [0.3, 0.4) is 0 Å². The predicted molar refractivity (Wildman–Crippen MR) is 106 cm³/mol. The number of aromatic amines is 1. The molecule has 2 aromatic heterocycles. The molecule has 0 saturated carbocycles. The number of methoxy groups -OCH3 is 1. The summed E-state index contributed by atoms with van der Waals surface area (Å²) in [5.74, 6) is 0.227. The number of aryl methyl sites for hydroxylation is 1. The van der Waals surface area contributed by atoms with Gasteiger partial charge in [0.25, 0.3) is 5.56 Å². The molecular weight excluding hydrogens is 356 g/mol. The number of nitrogens with zero attached hydrogens (tertiary/aromatic N) is 3. The van der Waals surface area contributed by atoms with Crippen molar-refractivity contribution in [1.29, 1.82) is 0 Å². The van der Waals surface area contributed by atoms with Crippen LogP contribution in [0.1, 0.15) is 30.7 Å². The van der Waals surface area contributed by atoms with Crippen LogP contribution in [-0.4, -0.2) is 45.6 Å². The Hall–Kier alpha value is -2.93. The van der Waals surface area contributed by atoms with Gasteiger partial charge in [-0.2, -0.15) is 0 Å². The van der Waals surface area contributed by atoms with E-state index in [-0.39, 0.29) is 11.5 Å². The predicted octanol–water partition coefficient (Wildman–Crippen LogP) is 2.39. The number of ether oxygens (including phenoxy) is 1. The zero-order valence-electron chi connectivity index (χ0n) is 16.0. The Morgan fingerprint density at radius 3 is 2.75 bits per heavy atom. The van der Waals surface area contributed by atoms with Gasteiger partial charge in [0.05, 0.1) is 12.3 Å². The summed E-state index contributed by atoms with van der Waals surface area (Å²) in [6.45, 7) is 1.91. The number of carbonyl (C=O) groups excluding carboxylic acids is 1. The van der Waals surface area contributed by atoms with Crippen molar-refractivity contribution >= 4 is 11.6 Å². The first-order valence-electron chi connectivity index (χ1n) is 9.63. The SMILES string of the molecule is COCc1[nH]n2c(=O)cc(CCCN3CCCC3=O)nc2c1-c1ccccc1. The summed E-state index contributed by atoms with van der Waals surface area (Å²) in [4.78, 5) is 31.1. The lowest BCUT2D eigenvalue weighted by molar-refractivity contribution is -0.127. The molecule has 3 heterocycles. The van der Waals surface area contributed by atoms with Crippen LogP contribution in [0.4, 0.5) is 0 Å². The van der Waals surface area contributed by atoms with Crippen molar-refractivity contribution in [3.8, 4) is 11.1 Å². The Bertz CT molecular complexity index is 1040. The van der Waals surface area contributed by atoms with Gasteiger partial charge in [-0.3, -0.25) is 14.7 Å². The topological polar surface area (TPSA) is 79.7 Å². The standard InChI is InChI=1S/C21H24N4O3/c1-28-14-17-20(15-7-3-2-4-8-15)21-22-16(13-19(27)25(21)23-17)9-5-11-24-12-6-10-18(24)26/h2-4,7-8,13,23H,5-6,9-12,14H2,1H3. The van der Waals surface area contributed by atoms with Gasteiger partial charge in [-0.1, -0.05) is 30.3 Å². The van der Waals surface area contributed by atoms with E-state index in [1.54, 1.807) is 13.2 Å². The number of fused-ring (bicyclic) bond motifs is 1. The summed E-state index contributed by atoms with van der Waals surface area (Å²) < 4.78 is 6.79. The van der Waals surface area contributed by atoms with Gasteiger partial charge >= 0.3 is 0 Å². The van der Waals surface area contributed by atoms with Crippen molar-refractivity contribution in [2.75, 3.05) is 20.2 Å². The van der Waals surface area contributed by atoms with E-state index in [0.717, 1.165) is 41.9 Å². The first-order valence-corrected chi connectivity index (χ1v) is 9.63. The normalized spacial score (nSPS) is 14.3. The molecule has 1 amide bonds. The molecule has 1 aliphatic rings. The van der Waals surface area contributed by atoms with Crippen molar-refractivity contribution in [2.24, 2.45) is 0 Å². The lowest BCUT2D eigenvalue weighted by Crippen LogP contribution is -2.26. The van der Waals surface area contributed by atoms with E-state index >= 15 is 0 Å². The summed E-state index contributed by atoms with van der Waals surface area (Å²) >= 11 is 0. The monoisotopic (exact) mass is 380 g/mol. The van der Waals surface area contributed by atoms with Crippen LogP contribution in [0, 0.1) is 0 Å². The van der Waals surface area contributed by atoms with Gasteiger partial charge in [-0.25, -0.2) is 9.50 Å². The zero-order chi connectivity index (χ0) is 19.5. The van der Waals surface area contributed by atoms with Gasteiger partial charge in [0.1, 0.15) is 0 Å². The summed E-state index contributed by atoms with van der Waals surface area (Å²) in [6.07, 6.45) is 3.05. The molecule has 0 radical (unpaired) electrons. The molecule has 3 aromatic rings. The molecule has 4 rings (SSSR count). The van der Waals surface area contributed by atoms with Crippen LogP contribution in [0.15, 0.2) is 41.2 Å². The van der Waals surface area contributed by atoms with Crippen LogP contribution in [-0.2, 0) is 22.6 Å². The average Bonchev–Trinajstić information content (AvgIpc) is 3.26. The Morgan fingerprint density at radius 2 is 2.04 bits per heavy atom. The summed E-state index contributed by atoms with van der Waals surface area (Å²) in [5.41, 5.74) is 3.90. The fraction of sp³-hybridized carbons (Fsp3) is 0.381. The van der Waals surface area contributed by atoms with Crippen LogP contribution >= 0.6 is 0 Å². The molecule has 1 fully saturated rings. The minimum absolute atomic E-state index is 0.142. The second kappa shape index (κ2) is 7.98. The summed E-state index contributed by atoms with van der Waals surface area (Å²) in [5, 5.41) is 3.13. The van der Waals surface area contributed by atoms with E-state index in [1.165, 1.54) is 4.52 Å². The fourth-order valence-electron chi connectivity index (χ4n) is 3.81. The smallest absolute Gasteiger partial charge is 0.272 e. The third-order valence-electron chi connectivity index (χ3n) is 5.13. The Kier molecular flexibility index (Phi) is 5.25. The molecule has 0 unspecified atom stereocenters. The zero-order valence-corrected chi connectivity index (χ0v) is 16.0. The lowest BCUT2D eigenvalue weighted by Gasteiger charge is -2.14. The third kappa shape index (κ3) is 3.57. The maximum atomic E-state index is 12.7. The molecule has 0 aliphatic carbocycles. The van der Waals surface area contributed by atoms with E-state index < -0.39 is 0 Å². The van der Waals surface area contributed by atoms with Gasteiger partial charge in [-0.05, 0) is 24.8 Å². The first kappa shape index (κ1) is 18.4. The highest BCUT2D eigenvalue weighted by Crippen LogP contribution is 2.27. The number of likely N-dealkylation sites (tertiary alicyclic amines) is 1. The van der Waals surface area contributed by atoms with Crippen molar-refractivity contribution < 1.29 is 9.53 Å². The maximum Gasteiger partial charge on any atom is 0.272 e. The van der Waals surface area contributed by atoms with E-state index in [1.807, 2.05) is 35.2 Å². The van der Waals surface area contributed by atoms with Gasteiger partial charge in [-0.15, -0.1) is 0 Å². The number of rotatable bonds is 7. The van der Waals surface area contributed by atoms with Crippen molar-refractivity contribution in [2.45, 2.75) is 32.3 Å². The Labute approximate surface area is 162 Å². The molecule has 0 spiro atoms. The quantitative estimate of drug-likeness (QED) is 0.683. The van der Waals surface area contributed by atoms with Crippen molar-refractivity contribution in [3.05, 3.63) is 58.1 Å². The Balaban J connectivity index is 1.66. The molecule has 146 valence electrons. The van der Waals surface area contributed by atoms with Gasteiger partial charge < -0.3 is 9.64 Å². The number of amides is 1. The highest BCUT2D eigenvalue weighted by Gasteiger charge is 2.20. The maximum absolute atomic E-state index is 12.7. The molecule has 7 heteroatoms. The van der Waals surface area contributed by atoms with Crippen LogP contribution in [0.5, 0.6) is 0 Å². The van der Waals surface area contributed by atoms with E-state index in [4.69, 9.17) is 9.72 Å². The number of benzene rings is 1. The lowest BCUT2D eigenvalue weighted by atomic mass is 10.1. The second-order valence-corrected chi connectivity index (χ2v) is 7.10. The summed E-state index contributed by atoms with van der Waals surface area (Å²) in [6, 6.07) is 11.5. The van der Waals surface area contributed by atoms with Crippen molar-refractivity contribution in [3.63, 3.8) is 0 Å². The molecule has 0 atom stereocenters. The number of nitrogens with one attached hydrogen (secondary N) is 1. The largest absolute Gasteiger partial charge is 0.378 e. The van der Waals surface area contributed by atoms with E-state index in [9.17, 15) is 9.59 Å². The van der Waals surface area contributed by atoms with Crippen LogP contribution in [0.2, 0.25) is 0 Å². The van der Waals surface area contributed by atoms with Crippen molar-refractivity contribution in [1.82, 2.24) is 19.5 Å². The second-order valence-electron chi connectivity index (χ2n) is 7.10. The minimum Gasteiger partial charge on any atom is -0.378 e. The molecule has 1 aromatic carbocycles. The number of hydrogen-bond donors (Lipinski definition) is 1. The molecule has 7 nitrogen and oxygen atoms in total. The summed E-state index contributed by atoms with van der Waals surface area (Å²) in [7, 11) is 1.63.